The van der Waals surface area contributed by atoms with Crippen LogP contribution in [-0.2, 0) is 4.74 Å². The second-order valence-corrected chi connectivity index (χ2v) is 9.31. The van der Waals surface area contributed by atoms with Gasteiger partial charge in [0.25, 0.3) is 5.91 Å². The third kappa shape index (κ3) is 5.15. The molecule has 2 aromatic carbocycles. The van der Waals surface area contributed by atoms with Crippen LogP contribution in [0.4, 0.5) is 4.39 Å². The van der Waals surface area contributed by atoms with E-state index in [0.29, 0.717) is 28.2 Å². The number of tetrazole rings is 1. The Morgan fingerprint density at radius 3 is 2.65 bits per heavy atom. The van der Waals surface area contributed by atoms with Gasteiger partial charge in [-0.25, -0.2) is 4.39 Å². The Balaban J connectivity index is 1.65. The van der Waals surface area contributed by atoms with Crippen LogP contribution in [0.1, 0.15) is 48.4 Å². The summed E-state index contributed by atoms with van der Waals surface area (Å²) in [5.74, 6) is 0.153. The van der Waals surface area contributed by atoms with Crippen molar-refractivity contribution in [2.45, 2.75) is 45.8 Å². The Bertz CT molecular complexity index is 1170. The number of rotatable bonds is 8. The third-order valence-electron chi connectivity index (χ3n) is 6.04. The molecule has 1 amide bonds. The lowest BCUT2D eigenvalue weighted by atomic mass is 9.99. The Kier molecular flexibility index (Phi) is 7.04. The predicted octanol–water partition coefficient (Wildman–Crippen LogP) is 3.35. The second kappa shape index (κ2) is 9.99. The van der Waals surface area contributed by atoms with E-state index in [2.05, 4.69) is 25.7 Å². The number of aryl methyl sites for hydroxylation is 1. The van der Waals surface area contributed by atoms with Crippen molar-refractivity contribution in [3.8, 4) is 16.8 Å². The summed E-state index contributed by atoms with van der Waals surface area (Å²) in [6, 6.07) is 10.3. The molecule has 0 spiro atoms. The van der Waals surface area contributed by atoms with Gasteiger partial charge in [0, 0.05) is 49.8 Å². The fraction of sp³-hybridized carbons (Fsp3) is 0.440. The number of carbonyl (C=O) groups excluding carboxylic acids is 1. The van der Waals surface area contributed by atoms with Crippen molar-refractivity contribution < 1.29 is 13.9 Å². The minimum absolute atomic E-state index is 0.0622. The molecule has 9 heteroatoms. The highest BCUT2D eigenvalue weighted by molar-refractivity contribution is 5.96. The quantitative estimate of drug-likeness (QED) is 0.548. The second-order valence-electron chi connectivity index (χ2n) is 9.31. The summed E-state index contributed by atoms with van der Waals surface area (Å²) in [6.07, 6.45) is 0.262. The Hall–Kier alpha value is -3.17. The van der Waals surface area contributed by atoms with Crippen LogP contribution >= 0.6 is 0 Å². The molecule has 0 unspecified atom stereocenters. The lowest BCUT2D eigenvalue weighted by molar-refractivity contribution is -0.0318. The maximum Gasteiger partial charge on any atom is 0.251 e. The van der Waals surface area contributed by atoms with Gasteiger partial charge in [-0.2, -0.15) is 4.68 Å². The molecule has 180 valence electrons. The monoisotopic (exact) mass is 466 g/mol. The van der Waals surface area contributed by atoms with Crippen molar-refractivity contribution >= 4 is 5.91 Å². The number of likely N-dealkylation sites (tertiary alicyclic amines) is 1. The van der Waals surface area contributed by atoms with E-state index in [0.717, 1.165) is 25.2 Å². The summed E-state index contributed by atoms with van der Waals surface area (Å²) in [4.78, 5) is 15.5. The maximum atomic E-state index is 14.8. The molecule has 1 saturated heterocycles. The first-order valence-corrected chi connectivity index (χ1v) is 11.5. The molecule has 34 heavy (non-hydrogen) atoms. The number of amides is 1. The lowest BCUT2D eigenvalue weighted by Gasteiger charge is -2.39. The van der Waals surface area contributed by atoms with Crippen LogP contribution in [0, 0.1) is 12.7 Å². The third-order valence-corrected chi connectivity index (χ3v) is 6.04. The molecule has 0 saturated carbocycles. The zero-order valence-electron chi connectivity index (χ0n) is 20.2. The average molecular weight is 467 g/mol. The van der Waals surface area contributed by atoms with E-state index in [9.17, 15) is 9.18 Å². The molecule has 1 N–H and O–H groups in total. The highest BCUT2D eigenvalue weighted by atomic mass is 19.1. The number of ether oxygens (including phenoxy) is 1. The summed E-state index contributed by atoms with van der Waals surface area (Å²) in [5.41, 5.74) is 2.86. The van der Waals surface area contributed by atoms with Crippen LogP contribution in [0.3, 0.4) is 0 Å². The summed E-state index contributed by atoms with van der Waals surface area (Å²) in [5, 5.41) is 15.1. The van der Waals surface area contributed by atoms with Gasteiger partial charge in [0.05, 0.1) is 11.8 Å². The molecule has 2 heterocycles. The van der Waals surface area contributed by atoms with Crippen molar-refractivity contribution in [3.63, 3.8) is 0 Å². The van der Waals surface area contributed by atoms with Crippen LogP contribution < -0.4 is 5.32 Å². The zero-order valence-corrected chi connectivity index (χ0v) is 20.2. The van der Waals surface area contributed by atoms with Crippen molar-refractivity contribution in [2.75, 3.05) is 26.7 Å². The molecular weight excluding hydrogens is 435 g/mol. The maximum absolute atomic E-state index is 14.8. The smallest absolute Gasteiger partial charge is 0.251 e. The van der Waals surface area contributed by atoms with E-state index in [-0.39, 0.29) is 29.8 Å². The van der Waals surface area contributed by atoms with Crippen LogP contribution in [-0.4, -0.2) is 69.9 Å². The number of nitrogens with one attached hydrogen (secondary N) is 1. The number of hydrogen-bond donors (Lipinski definition) is 1. The van der Waals surface area contributed by atoms with Gasteiger partial charge >= 0.3 is 0 Å². The number of benzene rings is 2. The fourth-order valence-electron chi connectivity index (χ4n) is 4.17. The van der Waals surface area contributed by atoms with E-state index in [1.807, 2.05) is 33.8 Å². The largest absolute Gasteiger partial charge is 0.379 e. The van der Waals surface area contributed by atoms with Crippen LogP contribution in [0.25, 0.3) is 16.8 Å². The lowest BCUT2D eigenvalue weighted by Crippen LogP contribution is -2.55. The highest BCUT2D eigenvalue weighted by Crippen LogP contribution is 2.28. The number of carbonyl (C=O) groups is 1. The van der Waals surface area contributed by atoms with Gasteiger partial charge < -0.3 is 10.1 Å². The van der Waals surface area contributed by atoms with Gasteiger partial charge in [-0.3, -0.25) is 9.69 Å². The van der Waals surface area contributed by atoms with Crippen molar-refractivity contribution in [1.29, 1.82) is 0 Å². The molecule has 1 aliphatic rings. The first-order valence-electron chi connectivity index (χ1n) is 11.5. The summed E-state index contributed by atoms with van der Waals surface area (Å²) in [6.45, 7) is 10.2. The standard InChI is InChI=1S/C25H31FN6O2/c1-15(2)24-28-29-30-32(24)20-10-18(22-7-6-16(3)8-23(22)26)9-19(11-20)25(33)27-17(4)12-31-13-21(14-31)34-5/h6-11,15,17,21H,12-14H2,1-5H3,(H,27,33)/t17-/m1/s1. The number of halogens is 1. The van der Waals surface area contributed by atoms with Crippen molar-refractivity contribution in [1.82, 2.24) is 30.4 Å². The SMILES string of the molecule is COC1CN(C[C@@H](C)NC(=O)c2cc(-c3ccc(C)cc3F)cc(-n3nnnc3C(C)C)c2)C1. The molecule has 0 radical (unpaired) electrons. The van der Waals surface area contributed by atoms with E-state index in [4.69, 9.17) is 4.74 Å². The Morgan fingerprint density at radius 1 is 1.21 bits per heavy atom. The molecule has 1 aliphatic heterocycles. The number of hydrogen-bond acceptors (Lipinski definition) is 6. The van der Waals surface area contributed by atoms with Gasteiger partial charge in [0.2, 0.25) is 0 Å². The normalized spacial score (nSPS) is 15.4. The molecule has 3 aromatic rings. The molecule has 1 fully saturated rings. The number of methoxy groups -OCH3 is 1. The van der Waals surface area contributed by atoms with E-state index >= 15 is 0 Å². The van der Waals surface area contributed by atoms with Crippen molar-refractivity contribution in [2.24, 2.45) is 0 Å². The van der Waals surface area contributed by atoms with Gasteiger partial charge in [0.1, 0.15) is 5.82 Å². The fourth-order valence-corrected chi connectivity index (χ4v) is 4.17. The average Bonchev–Trinajstić information content (AvgIpc) is 3.26. The van der Waals surface area contributed by atoms with Gasteiger partial charge in [-0.1, -0.05) is 26.0 Å². The van der Waals surface area contributed by atoms with Crippen molar-refractivity contribution in [3.05, 3.63) is 59.2 Å². The summed E-state index contributed by atoms with van der Waals surface area (Å²) < 4.78 is 21.8. The first-order chi connectivity index (χ1) is 16.2. The summed E-state index contributed by atoms with van der Waals surface area (Å²) in [7, 11) is 1.71. The van der Waals surface area contributed by atoms with E-state index in [1.165, 1.54) is 6.07 Å². The molecule has 0 bridgehead atoms. The van der Waals surface area contributed by atoms with E-state index < -0.39 is 0 Å². The van der Waals surface area contributed by atoms with Gasteiger partial charge in [-0.05, 0) is 59.7 Å². The minimum atomic E-state index is -0.344. The molecule has 1 atom stereocenters. The Labute approximate surface area is 199 Å². The Morgan fingerprint density at radius 2 is 1.97 bits per heavy atom. The zero-order chi connectivity index (χ0) is 24.4. The molecular formula is C25H31FN6O2. The first kappa shape index (κ1) is 24.0. The molecule has 4 rings (SSSR count). The molecule has 1 aromatic heterocycles. The number of nitrogens with zero attached hydrogens (tertiary/aromatic N) is 5. The molecule has 8 nitrogen and oxygen atoms in total. The summed E-state index contributed by atoms with van der Waals surface area (Å²) >= 11 is 0. The van der Waals surface area contributed by atoms with Crippen LogP contribution in [0.2, 0.25) is 0 Å². The van der Waals surface area contributed by atoms with Crippen LogP contribution in [0.15, 0.2) is 36.4 Å². The van der Waals surface area contributed by atoms with Crippen LogP contribution in [0.5, 0.6) is 0 Å². The van der Waals surface area contributed by atoms with Gasteiger partial charge in [-0.15, -0.1) is 5.10 Å². The van der Waals surface area contributed by atoms with E-state index in [1.54, 1.807) is 36.1 Å². The van der Waals surface area contributed by atoms with Gasteiger partial charge in [0.15, 0.2) is 5.82 Å². The topological polar surface area (TPSA) is 85.2 Å². The highest BCUT2D eigenvalue weighted by Gasteiger charge is 2.28. The molecule has 0 aliphatic carbocycles. The number of aromatic nitrogens is 4. The predicted molar refractivity (Wildman–Crippen MR) is 128 cm³/mol. The minimum Gasteiger partial charge on any atom is -0.379 e.